The number of anilines is 1. The van der Waals surface area contributed by atoms with Crippen molar-refractivity contribution in [2.75, 3.05) is 18.5 Å². The molecule has 0 atom stereocenters. The first kappa shape index (κ1) is 18.6. The smallest absolute Gasteiger partial charge is 0.308 e. The van der Waals surface area contributed by atoms with Crippen LogP contribution in [0, 0.1) is 11.3 Å². The van der Waals surface area contributed by atoms with E-state index in [9.17, 15) is 14.9 Å². The second-order valence-electron chi connectivity index (χ2n) is 6.43. The van der Waals surface area contributed by atoms with Gasteiger partial charge in [0.15, 0.2) is 0 Å². The molecule has 1 heterocycles. The van der Waals surface area contributed by atoms with Crippen molar-refractivity contribution in [3.8, 4) is 11.8 Å². The molecule has 2 aromatic carbocycles. The molecule has 0 aromatic heterocycles. The summed E-state index contributed by atoms with van der Waals surface area (Å²) in [6, 6.07) is 16.3. The zero-order valence-electron chi connectivity index (χ0n) is 15.0. The Balaban J connectivity index is 1.88. The monoisotopic (exact) mass is 364 g/mol. The highest BCUT2D eigenvalue weighted by molar-refractivity contribution is 5.99. The van der Waals surface area contributed by atoms with Gasteiger partial charge >= 0.3 is 5.97 Å². The highest BCUT2D eigenvalue weighted by Gasteiger charge is 2.41. The summed E-state index contributed by atoms with van der Waals surface area (Å²) >= 11 is 0. The number of amides is 1. The molecule has 0 aliphatic carbocycles. The normalized spacial score (nSPS) is 15.4. The molecule has 2 aromatic rings. The van der Waals surface area contributed by atoms with E-state index in [4.69, 9.17) is 9.47 Å². The number of nitrogens with one attached hydrogen (secondary N) is 1. The molecule has 1 saturated heterocycles. The first-order valence-corrected chi connectivity index (χ1v) is 8.72. The third-order valence-corrected chi connectivity index (χ3v) is 4.72. The minimum Gasteiger partial charge on any atom is -0.425 e. The van der Waals surface area contributed by atoms with Crippen LogP contribution in [0.2, 0.25) is 0 Å². The fourth-order valence-corrected chi connectivity index (χ4v) is 3.31. The van der Waals surface area contributed by atoms with Gasteiger partial charge in [0.25, 0.3) is 0 Å². The van der Waals surface area contributed by atoms with Crippen LogP contribution in [0.15, 0.2) is 48.5 Å². The summed E-state index contributed by atoms with van der Waals surface area (Å²) in [5, 5.41) is 12.2. The first-order chi connectivity index (χ1) is 13.0. The number of carbonyl (C=O) groups is 2. The predicted molar refractivity (Wildman–Crippen MR) is 99.3 cm³/mol. The lowest BCUT2D eigenvalue weighted by molar-refractivity contribution is -0.132. The van der Waals surface area contributed by atoms with Gasteiger partial charge in [-0.3, -0.25) is 9.59 Å². The van der Waals surface area contributed by atoms with E-state index < -0.39 is 11.4 Å². The van der Waals surface area contributed by atoms with E-state index in [1.807, 2.05) is 36.4 Å². The number of ether oxygens (including phenoxy) is 2. The molecule has 6 heteroatoms. The average molecular weight is 364 g/mol. The molecule has 1 aliphatic heterocycles. The van der Waals surface area contributed by atoms with E-state index in [2.05, 4.69) is 5.32 Å². The number of hydrogen-bond acceptors (Lipinski definition) is 5. The molecule has 0 radical (unpaired) electrons. The van der Waals surface area contributed by atoms with Gasteiger partial charge in [-0.1, -0.05) is 30.3 Å². The van der Waals surface area contributed by atoms with Gasteiger partial charge in [0.2, 0.25) is 5.91 Å². The summed E-state index contributed by atoms with van der Waals surface area (Å²) in [6.45, 7) is 2.29. The van der Waals surface area contributed by atoms with Crippen molar-refractivity contribution in [2.45, 2.75) is 25.2 Å². The quantitative estimate of drug-likeness (QED) is 0.665. The molecule has 1 fully saturated rings. The Labute approximate surface area is 157 Å². The molecule has 0 saturated carbocycles. The van der Waals surface area contributed by atoms with Crippen molar-refractivity contribution in [2.24, 2.45) is 0 Å². The molecule has 3 rings (SSSR count). The summed E-state index contributed by atoms with van der Waals surface area (Å²) in [6.07, 6.45) is 1.17. The number of nitriles is 1. The maximum absolute atomic E-state index is 13.2. The second kappa shape index (κ2) is 8.02. The molecular formula is C21H20N2O4. The Hall–Kier alpha value is -3.17. The SMILES string of the molecule is CC(=O)Oc1ccc(NC(=O)C2(c3ccccc3)CCOCC2)cc1C#N. The van der Waals surface area contributed by atoms with Crippen molar-refractivity contribution in [3.05, 3.63) is 59.7 Å². The zero-order chi connectivity index (χ0) is 19.3. The van der Waals surface area contributed by atoms with Crippen LogP contribution in [-0.2, 0) is 19.7 Å². The lowest BCUT2D eigenvalue weighted by Crippen LogP contribution is -2.44. The standard InChI is InChI=1S/C21H20N2O4/c1-15(24)27-19-8-7-18(13-16(19)14-22)23-20(25)21(9-11-26-12-10-21)17-5-3-2-4-6-17/h2-8,13H,9-12H2,1H3,(H,23,25). The van der Waals surface area contributed by atoms with Crippen LogP contribution in [0.25, 0.3) is 0 Å². The molecule has 0 bridgehead atoms. The van der Waals surface area contributed by atoms with Gasteiger partial charge in [0.1, 0.15) is 11.8 Å². The van der Waals surface area contributed by atoms with Crippen LogP contribution in [-0.4, -0.2) is 25.1 Å². The van der Waals surface area contributed by atoms with Gasteiger partial charge in [-0.05, 0) is 36.6 Å². The molecule has 1 N–H and O–H groups in total. The fraction of sp³-hybridized carbons (Fsp3) is 0.286. The topological polar surface area (TPSA) is 88.4 Å². The lowest BCUT2D eigenvalue weighted by atomic mass is 9.73. The number of benzene rings is 2. The van der Waals surface area contributed by atoms with Crippen LogP contribution in [0.1, 0.15) is 30.9 Å². The molecule has 138 valence electrons. The van der Waals surface area contributed by atoms with Crippen molar-refractivity contribution in [1.82, 2.24) is 0 Å². The molecule has 0 unspecified atom stereocenters. The third kappa shape index (κ3) is 3.99. The van der Waals surface area contributed by atoms with Crippen molar-refractivity contribution in [1.29, 1.82) is 5.26 Å². The number of rotatable bonds is 4. The molecule has 6 nitrogen and oxygen atoms in total. The van der Waals surface area contributed by atoms with E-state index in [0.717, 1.165) is 5.56 Å². The van der Waals surface area contributed by atoms with Gasteiger partial charge in [-0.25, -0.2) is 0 Å². The van der Waals surface area contributed by atoms with Gasteiger partial charge in [0, 0.05) is 25.8 Å². The molecule has 0 spiro atoms. The summed E-state index contributed by atoms with van der Waals surface area (Å²) < 4.78 is 10.5. The lowest BCUT2D eigenvalue weighted by Gasteiger charge is -2.36. The van der Waals surface area contributed by atoms with E-state index >= 15 is 0 Å². The third-order valence-electron chi connectivity index (χ3n) is 4.72. The van der Waals surface area contributed by atoms with Crippen molar-refractivity contribution >= 4 is 17.6 Å². The summed E-state index contributed by atoms with van der Waals surface area (Å²) in [7, 11) is 0. The van der Waals surface area contributed by atoms with E-state index in [1.165, 1.54) is 19.1 Å². The molecule has 27 heavy (non-hydrogen) atoms. The summed E-state index contributed by atoms with van der Waals surface area (Å²) in [5.74, 6) is -0.471. The zero-order valence-corrected chi connectivity index (χ0v) is 15.0. The number of carbonyl (C=O) groups excluding carboxylic acids is 2. The van der Waals surface area contributed by atoms with Gasteiger partial charge < -0.3 is 14.8 Å². The number of hydrogen-bond donors (Lipinski definition) is 1. The fourth-order valence-electron chi connectivity index (χ4n) is 3.31. The highest BCUT2D eigenvalue weighted by atomic mass is 16.5. The van der Waals surface area contributed by atoms with Crippen LogP contribution < -0.4 is 10.1 Å². The Morgan fingerprint density at radius 2 is 1.85 bits per heavy atom. The van der Waals surface area contributed by atoms with Crippen LogP contribution in [0.3, 0.4) is 0 Å². The number of esters is 1. The second-order valence-corrected chi connectivity index (χ2v) is 6.43. The average Bonchev–Trinajstić information content (AvgIpc) is 2.70. The molecular weight excluding hydrogens is 344 g/mol. The van der Waals surface area contributed by atoms with Crippen LogP contribution in [0.4, 0.5) is 5.69 Å². The van der Waals surface area contributed by atoms with E-state index in [1.54, 1.807) is 6.07 Å². The Morgan fingerprint density at radius 1 is 1.15 bits per heavy atom. The van der Waals surface area contributed by atoms with Crippen LogP contribution in [0.5, 0.6) is 5.75 Å². The minimum atomic E-state index is -0.680. The van der Waals surface area contributed by atoms with Crippen molar-refractivity contribution in [3.63, 3.8) is 0 Å². The first-order valence-electron chi connectivity index (χ1n) is 8.72. The minimum absolute atomic E-state index is 0.138. The largest absolute Gasteiger partial charge is 0.425 e. The van der Waals surface area contributed by atoms with E-state index in [-0.39, 0.29) is 17.2 Å². The Bertz CT molecular complexity index is 881. The molecule has 1 aliphatic rings. The predicted octanol–water partition coefficient (Wildman–Crippen LogP) is 3.17. The van der Waals surface area contributed by atoms with Gasteiger partial charge in [-0.2, -0.15) is 5.26 Å². The van der Waals surface area contributed by atoms with Gasteiger partial charge in [0.05, 0.1) is 11.0 Å². The van der Waals surface area contributed by atoms with Crippen LogP contribution >= 0.6 is 0 Å². The number of nitrogens with zero attached hydrogens (tertiary/aromatic N) is 1. The molecule has 1 amide bonds. The summed E-state index contributed by atoms with van der Waals surface area (Å²) in [4.78, 5) is 24.4. The maximum atomic E-state index is 13.2. The Kier molecular flexibility index (Phi) is 5.53. The van der Waals surface area contributed by atoms with E-state index in [0.29, 0.717) is 31.7 Å². The summed E-state index contributed by atoms with van der Waals surface area (Å²) in [5.41, 5.74) is 0.932. The van der Waals surface area contributed by atoms with Crippen molar-refractivity contribution < 1.29 is 19.1 Å². The maximum Gasteiger partial charge on any atom is 0.308 e. The van der Waals surface area contributed by atoms with Gasteiger partial charge in [-0.15, -0.1) is 0 Å². The Morgan fingerprint density at radius 3 is 2.48 bits per heavy atom. The highest BCUT2D eigenvalue weighted by Crippen LogP contribution is 2.36.